The summed E-state index contributed by atoms with van der Waals surface area (Å²) in [6.07, 6.45) is 8.22. The first kappa shape index (κ1) is 26.8. The van der Waals surface area contributed by atoms with Crippen molar-refractivity contribution in [2.45, 2.75) is 33.3 Å². The largest absolute Gasteiger partial charge is 0.497 e. The number of hydrogen-bond acceptors (Lipinski definition) is 6. The fourth-order valence-electron chi connectivity index (χ4n) is 4.45. The highest BCUT2D eigenvalue weighted by molar-refractivity contribution is 8.00. The minimum Gasteiger partial charge on any atom is -0.497 e. The molecule has 0 spiro atoms. The number of amides is 3. The average Bonchev–Trinajstić information content (AvgIpc) is 2.96. The quantitative estimate of drug-likeness (QED) is 0.309. The normalized spacial score (nSPS) is 18.0. The first-order valence-corrected chi connectivity index (χ1v) is 14.2. The van der Waals surface area contributed by atoms with Gasteiger partial charge in [0.05, 0.1) is 42.1 Å². The lowest BCUT2D eigenvalue weighted by molar-refractivity contribution is -0.115. The number of fused-ring (bicyclic) bond motifs is 2. The second-order valence-electron chi connectivity index (χ2n) is 8.95. The zero-order chi connectivity index (χ0) is 27.4. The maximum Gasteiger partial charge on any atom is 0.326 e. The average molecular weight is 560 g/mol. The lowest BCUT2D eigenvalue weighted by Crippen LogP contribution is -2.49. The first-order chi connectivity index (χ1) is 19.0. The van der Waals surface area contributed by atoms with Gasteiger partial charge in [-0.2, -0.15) is 0 Å². The Bertz CT molecular complexity index is 1440. The molecule has 1 aliphatic carbocycles. The van der Waals surface area contributed by atoms with Crippen molar-refractivity contribution in [3.63, 3.8) is 0 Å². The van der Waals surface area contributed by atoms with E-state index in [0.29, 0.717) is 22.9 Å². The molecular weight excluding hydrogens is 530 g/mol. The van der Waals surface area contributed by atoms with Crippen LogP contribution in [0, 0.1) is 0 Å². The minimum atomic E-state index is -0.395. The summed E-state index contributed by atoms with van der Waals surface area (Å²) in [5.74, 6) is 1.00. The Morgan fingerprint density at radius 3 is 2.59 bits per heavy atom. The van der Waals surface area contributed by atoms with Gasteiger partial charge in [0, 0.05) is 21.5 Å². The van der Waals surface area contributed by atoms with Crippen molar-refractivity contribution in [2.24, 2.45) is 0 Å². The number of para-hydroxylation sites is 1. The summed E-state index contributed by atoms with van der Waals surface area (Å²) in [5, 5.41) is 5.76. The monoisotopic (exact) mass is 559 g/mol. The Hall–Kier alpha value is -3.82. The fraction of sp³-hybridized carbons (Fsp3) is 0.200. The van der Waals surface area contributed by atoms with Crippen molar-refractivity contribution < 1.29 is 19.1 Å². The molecule has 1 aliphatic heterocycles. The van der Waals surface area contributed by atoms with Crippen molar-refractivity contribution in [1.29, 1.82) is 0 Å². The molecule has 7 nitrogen and oxygen atoms in total. The number of rotatable bonds is 7. The van der Waals surface area contributed by atoms with Crippen LogP contribution >= 0.6 is 23.5 Å². The number of carbonyl (C=O) groups is 2. The number of hydrogen-bond donors (Lipinski definition) is 2. The molecule has 0 aromatic heterocycles. The van der Waals surface area contributed by atoms with E-state index < -0.39 is 5.25 Å². The highest BCUT2D eigenvalue weighted by atomic mass is 32.2. The van der Waals surface area contributed by atoms with Crippen LogP contribution in [0.15, 0.2) is 101 Å². The molecule has 0 saturated carbocycles. The van der Waals surface area contributed by atoms with Gasteiger partial charge in [0.1, 0.15) is 11.5 Å². The lowest BCUT2D eigenvalue weighted by atomic mass is 10.1. The smallest absolute Gasteiger partial charge is 0.326 e. The summed E-state index contributed by atoms with van der Waals surface area (Å²) in [6, 6.07) is 20.5. The van der Waals surface area contributed by atoms with E-state index in [4.69, 9.17) is 9.47 Å². The summed E-state index contributed by atoms with van der Waals surface area (Å²) in [7, 11) is 3.12. The zero-order valence-corrected chi connectivity index (χ0v) is 23.4. The predicted molar refractivity (Wildman–Crippen MR) is 160 cm³/mol. The molecule has 39 heavy (non-hydrogen) atoms. The highest BCUT2D eigenvalue weighted by Crippen LogP contribution is 2.43. The van der Waals surface area contributed by atoms with Crippen molar-refractivity contribution in [1.82, 2.24) is 0 Å². The summed E-state index contributed by atoms with van der Waals surface area (Å²) >= 11 is 3.18. The number of carbonyl (C=O) groups excluding carboxylic acids is 2. The third-order valence-corrected chi connectivity index (χ3v) is 8.80. The van der Waals surface area contributed by atoms with Gasteiger partial charge >= 0.3 is 6.03 Å². The molecule has 9 heteroatoms. The molecule has 0 fully saturated rings. The molecule has 0 saturated heterocycles. The molecule has 1 heterocycles. The van der Waals surface area contributed by atoms with Gasteiger partial charge in [0.25, 0.3) is 0 Å². The van der Waals surface area contributed by atoms with Crippen LogP contribution in [0.25, 0.3) is 0 Å². The number of urea groups is 1. The van der Waals surface area contributed by atoms with E-state index in [1.54, 1.807) is 44.2 Å². The molecule has 3 aromatic carbocycles. The second-order valence-corrected chi connectivity index (χ2v) is 11.6. The van der Waals surface area contributed by atoms with Gasteiger partial charge in [-0.05, 0) is 49.4 Å². The van der Waals surface area contributed by atoms with Gasteiger partial charge < -0.3 is 20.1 Å². The van der Waals surface area contributed by atoms with Gasteiger partial charge in [0.2, 0.25) is 5.91 Å². The number of thioether (sulfide) groups is 2. The van der Waals surface area contributed by atoms with E-state index >= 15 is 0 Å². The topological polar surface area (TPSA) is 79.9 Å². The van der Waals surface area contributed by atoms with Crippen LogP contribution in [0.3, 0.4) is 0 Å². The van der Waals surface area contributed by atoms with Crippen LogP contribution < -0.4 is 25.0 Å². The standard InChI is InChI=1S/C30H29N3O4S2/c1-19(29(34)32-23-16-15-21(36-2)18-26(23)37-3)38-22-10-8-9-20(17-22)31-30(35)33-24-11-4-6-13-27(24)39-28-14-7-5-12-25(28)33/h4-19,24,27H,1-3H3,(H,31,35)(H,32,34). The van der Waals surface area contributed by atoms with Crippen molar-refractivity contribution >= 4 is 52.5 Å². The molecular formula is C30H29N3O4S2. The van der Waals surface area contributed by atoms with Crippen molar-refractivity contribution in [2.75, 3.05) is 29.8 Å². The number of benzene rings is 3. The summed E-state index contributed by atoms with van der Waals surface area (Å²) in [5.41, 5.74) is 2.13. The van der Waals surface area contributed by atoms with E-state index in [9.17, 15) is 9.59 Å². The molecule has 3 atom stereocenters. The molecule has 0 bridgehead atoms. The number of allylic oxidation sites excluding steroid dienone is 2. The predicted octanol–water partition coefficient (Wildman–Crippen LogP) is 6.83. The Kier molecular flexibility index (Phi) is 8.18. The van der Waals surface area contributed by atoms with Crippen molar-refractivity contribution in [3.8, 4) is 11.5 Å². The lowest BCUT2D eigenvalue weighted by Gasteiger charge is -2.40. The summed E-state index contributed by atoms with van der Waals surface area (Å²) < 4.78 is 10.6. The molecule has 3 amide bonds. The Labute approximate surface area is 236 Å². The van der Waals surface area contributed by atoms with Gasteiger partial charge in [0.15, 0.2) is 0 Å². The minimum absolute atomic E-state index is 0.0777. The van der Waals surface area contributed by atoms with Crippen LogP contribution in [0.4, 0.5) is 21.9 Å². The van der Waals surface area contributed by atoms with Crippen LogP contribution in [-0.2, 0) is 4.79 Å². The van der Waals surface area contributed by atoms with Gasteiger partial charge in [-0.1, -0.05) is 42.5 Å². The first-order valence-electron chi connectivity index (χ1n) is 12.5. The maximum atomic E-state index is 13.6. The molecule has 200 valence electrons. The fourth-order valence-corrected chi connectivity index (χ4v) is 6.63. The second kappa shape index (κ2) is 11.9. The maximum absolute atomic E-state index is 13.6. The van der Waals surface area contributed by atoms with E-state index in [1.807, 2.05) is 72.5 Å². The van der Waals surface area contributed by atoms with Crippen LogP contribution in [0.1, 0.15) is 6.92 Å². The number of methoxy groups -OCH3 is 2. The van der Waals surface area contributed by atoms with E-state index in [-0.39, 0.29) is 23.2 Å². The Morgan fingerprint density at radius 2 is 1.77 bits per heavy atom. The molecule has 2 aliphatic rings. The molecule has 3 unspecified atom stereocenters. The van der Waals surface area contributed by atoms with Crippen LogP contribution in [0.5, 0.6) is 11.5 Å². The molecule has 3 aromatic rings. The Balaban J connectivity index is 1.27. The van der Waals surface area contributed by atoms with E-state index in [1.165, 1.54) is 11.8 Å². The zero-order valence-electron chi connectivity index (χ0n) is 21.8. The summed E-state index contributed by atoms with van der Waals surface area (Å²) in [6.45, 7) is 1.84. The SMILES string of the molecule is COc1ccc(NC(=O)C(C)Sc2cccc(NC(=O)N3c4ccccc4SC4C=CC=CC43)c2)c(OC)c1. The number of nitrogens with one attached hydrogen (secondary N) is 2. The van der Waals surface area contributed by atoms with Gasteiger partial charge in [-0.15, -0.1) is 23.5 Å². The van der Waals surface area contributed by atoms with E-state index in [0.717, 1.165) is 15.5 Å². The number of ether oxygens (including phenoxy) is 2. The summed E-state index contributed by atoms with van der Waals surface area (Å²) in [4.78, 5) is 30.3. The van der Waals surface area contributed by atoms with Gasteiger partial charge in [-0.25, -0.2) is 4.79 Å². The van der Waals surface area contributed by atoms with Crippen LogP contribution in [-0.4, -0.2) is 42.7 Å². The van der Waals surface area contributed by atoms with Crippen LogP contribution in [0.2, 0.25) is 0 Å². The third kappa shape index (κ3) is 5.94. The Morgan fingerprint density at radius 1 is 0.949 bits per heavy atom. The highest BCUT2D eigenvalue weighted by Gasteiger charge is 2.36. The van der Waals surface area contributed by atoms with Crippen molar-refractivity contribution in [3.05, 3.63) is 91.0 Å². The number of anilines is 3. The molecule has 2 N–H and O–H groups in total. The molecule has 5 rings (SSSR count). The van der Waals surface area contributed by atoms with E-state index in [2.05, 4.69) is 22.8 Å². The number of nitrogens with zero attached hydrogens (tertiary/aromatic N) is 1. The van der Waals surface area contributed by atoms with Gasteiger partial charge in [-0.3, -0.25) is 9.69 Å². The third-order valence-electron chi connectivity index (χ3n) is 6.40. The molecule has 0 radical (unpaired) electrons.